The van der Waals surface area contributed by atoms with E-state index in [0.717, 1.165) is 33.5 Å². The van der Waals surface area contributed by atoms with Gasteiger partial charge in [-0.3, -0.25) is 0 Å². The van der Waals surface area contributed by atoms with Crippen LogP contribution in [-0.4, -0.2) is 27.4 Å². The number of halogens is 1. The molecule has 0 unspecified atom stereocenters. The van der Waals surface area contributed by atoms with E-state index in [1.165, 1.54) is 0 Å². The topological polar surface area (TPSA) is 47.3 Å². The minimum atomic E-state index is -0.600. The third-order valence-corrected chi connectivity index (χ3v) is 4.17. The molecule has 1 aromatic heterocycles. The molecule has 4 nitrogen and oxygen atoms in total. The predicted octanol–water partition coefficient (Wildman–Crippen LogP) is 3.80. The lowest BCUT2D eigenvalue weighted by Crippen LogP contribution is -2.24. The average Bonchev–Trinajstić information content (AvgIpc) is 2.91. The van der Waals surface area contributed by atoms with Gasteiger partial charge >= 0.3 is 0 Å². The molecule has 3 rings (SSSR count). The van der Waals surface area contributed by atoms with Crippen LogP contribution in [-0.2, 0) is 13.0 Å². The van der Waals surface area contributed by atoms with Gasteiger partial charge in [-0.2, -0.15) is 0 Å². The first-order valence-corrected chi connectivity index (χ1v) is 8.47. The van der Waals surface area contributed by atoms with Gasteiger partial charge in [0, 0.05) is 10.9 Å². The van der Waals surface area contributed by atoms with Gasteiger partial charge in [-0.15, -0.1) is 0 Å². The van der Waals surface area contributed by atoms with Gasteiger partial charge in [0.15, 0.2) is 0 Å². The zero-order valence-electron chi connectivity index (χ0n) is 12.9. The van der Waals surface area contributed by atoms with Gasteiger partial charge in [0.05, 0.1) is 17.6 Å². The minimum absolute atomic E-state index is 0.242. The maximum absolute atomic E-state index is 10.3. The fourth-order valence-corrected chi connectivity index (χ4v) is 2.99. The van der Waals surface area contributed by atoms with E-state index in [0.29, 0.717) is 6.54 Å². The third kappa shape index (κ3) is 3.74. The summed E-state index contributed by atoms with van der Waals surface area (Å²) in [5.74, 6) is 1.72. The number of hydrogen-bond donors (Lipinski definition) is 1. The quantitative estimate of drug-likeness (QED) is 0.713. The van der Waals surface area contributed by atoms with Crippen LogP contribution < -0.4 is 4.74 Å². The summed E-state index contributed by atoms with van der Waals surface area (Å²) in [6.45, 7) is 2.78. The predicted molar refractivity (Wildman–Crippen MR) is 94.8 cm³/mol. The summed E-state index contributed by atoms with van der Waals surface area (Å²) in [5, 5.41) is 10.3. The molecule has 2 aromatic carbocycles. The van der Waals surface area contributed by atoms with Crippen molar-refractivity contribution < 1.29 is 9.84 Å². The van der Waals surface area contributed by atoms with Gasteiger partial charge in [-0.25, -0.2) is 4.98 Å². The molecule has 1 heterocycles. The first kappa shape index (κ1) is 16.0. The highest BCUT2D eigenvalue weighted by Gasteiger charge is 2.13. The van der Waals surface area contributed by atoms with Crippen LogP contribution in [0.25, 0.3) is 11.0 Å². The molecule has 0 spiro atoms. The number of ether oxygens (including phenoxy) is 1. The molecule has 0 amide bonds. The second-order valence-electron chi connectivity index (χ2n) is 5.40. The van der Waals surface area contributed by atoms with Crippen molar-refractivity contribution in [2.24, 2.45) is 0 Å². The number of aromatic nitrogens is 2. The van der Waals surface area contributed by atoms with Gasteiger partial charge < -0.3 is 14.4 Å². The summed E-state index contributed by atoms with van der Waals surface area (Å²) in [4.78, 5) is 4.62. The second kappa shape index (κ2) is 7.15. The molecular weight excluding hydrogens is 356 g/mol. The van der Waals surface area contributed by atoms with Crippen LogP contribution in [0.15, 0.2) is 53.0 Å². The Balaban J connectivity index is 1.71. The van der Waals surface area contributed by atoms with Crippen LogP contribution in [0.1, 0.15) is 12.7 Å². The van der Waals surface area contributed by atoms with E-state index in [9.17, 15) is 5.11 Å². The van der Waals surface area contributed by atoms with Crippen LogP contribution in [0.2, 0.25) is 0 Å². The average molecular weight is 375 g/mol. The van der Waals surface area contributed by atoms with Crippen molar-refractivity contribution in [2.45, 2.75) is 26.0 Å². The van der Waals surface area contributed by atoms with Crippen molar-refractivity contribution in [1.82, 2.24) is 9.55 Å². The molecule has 0 saturated heterocycles. The minimum Gasteiger partial charge on any atom is -0.491 e. The summed E-state index contributed by atoms with van der Waals surface area (Å²) in [6, 6.07) is 15.6. The Bertz CT molecular complexity index is 801. The molecule has 0 fully saturated rings. The molecule has 23 heavy (non-hydrogen) atoms. The van der Waals surface area contributed by atoms with Crippen molar-refractivity contribution >= 4 is 27.0 Å². The van der Waals surface area contributed by atoms with Crippen LogP contribution in [0.3, 0.4) is 0 Å². The van der Waals surface area contributed by atoms with E-state index in [1.807, 2.05) is 48.5 Å². The smallest absolute Gasteiger partial charge is 0.120 e. The van der Waals surface area contributed by atoms with Crippen molar-refractivity contribution in [1.29, 1.82) is 0 Å². The summed E-state index contributed by atoms with van der Waals surface area (Å²) in [7, 11) is 0. The number of aryl methyl sites for hydroxylation is 1. The largest absolute Gasteiger partial charge is 0.491 e. The van der Waals surface area contributed by atoms with Gasteiger partial charge in [0.2, 0.25) is 0 Å². The second-order valence-corrected chi connectivity index (χ2v) is 6.32. The Kier molecular flexibility index (Phi) is 4.98. The fourth-order valence-electron chi connectivity index (χ4n) is 2.61. The van der Waals surface area contributed by atoms with E-state index >= 15 is 0 Å². The molecule has 0 aliphatic heterocycles. The Morgan fingerprint density at radius 1 is 1.22 bits per heavy atom. The van der Waals surface area contributed by atoms with E-state index in [2.05, 4.69) is 32.4 Å². The molecule has 0 saturated carbocycles. The zero-order valence-corrected chi connectivity index (χ0v) is 14.5. The Hall–Kier alpha value is -1.85. The molecule has 0 aliphatic carbocycles. The number of nitrogens with zero attached hydrogens (tertiary/aromatic N) is 2. The number of benzene rings is 2. The number of para-hydroxylation sites is 2. The Morgan fingerprint density at radius 2 is 2.04 bits per heavy atom. The highest BCUT2D eigenvalue weighted by atomic mass is 79.9. The van der Waals surface area contributed by atoms with Crippen molar-refractivity contribution in [3.05, 3.63) is 58.8 Å². The fraction of sp³-hybridized carbons (Fsp3) is 0.278. The standard InChI is InChI=1S/C18H19BrN2O2/c1-2-18-20-16-8-3-4-9-17(16)21(18)11-14(22)12-23-15-7-5-6-13(19)10-15/h3-10,14,22H,2,11-12H2,1H3/t14-/m1/s1. The first-order valence-electron chi connectivity index (χ1n) is 7.68. The normalized spacial score (nSPS) is 12.5. The summed E-state index contributed by atoms with van der Waals surface area (Å²) >= 11 is 3.41. The summed E-state index contributed by atoms with van der Waals surface area (Å²) in [6.07, 6.45) is 0.227. The zero-order chi connectivity index (χ0) is 16.2. The number of imidazole rings is 1. The van der Waals surface area contributed by atoms with Crippen LogP contribution in [0.5, 0.6) is 5.75 Å². The Labute approximate surface area is 143 Å². The molecule has 1 N–H and O–H groups in total. The monoisotopic (exact) mass is 374 g/mol. The first-order chi connectivity index (χ1) is 11.2. The lowest BCUT2D eigenvalue weighted by atomic mass is 10.3. The molecule has 120 valence electrons. The third-order valence-electron chi connectivity index (χ3n) is 3.68. The van der Waals surface area contributed by atoms with Gasteiger partial charge in [-0.1, -0.05) is 41.1 Å². The molecule has 1 atom stereocenters. The molecule has 3 aromatic rings. The number of rotatable bonds is 6. The number of aliphatic hydroxyl groups is 1. The van der Waals surface area contributed by atoms with E-state index < -0.39 is 6.10 Å². The van der Waals surface area contributed by atoms with Crippen LogP contribution in [0.4, 0.5) is 0 Å². The van der Waals surface area contributed by atoms with E-state index in [4.69, 9.17) is 4.74 Å². The maximum atomic E-state index is 10.3. The lowest BCUT2D eigenvalue weighted by Gasteiger charge is -2.15. The van der Waals surface area contributed by atoms with Gasteiger partial charge in [-0.05, 0) is 30.3 Å². The van der Waals surface area contributed by atoms with E-state index in [1.54, 1.807) is 0 Å². The molecular formula is C18H19BrN2O2. The van der Waals surface area contributed by atoms with Crippen LogP contribution >= 0.6 is 15.9 Å². The maximum Gasteiger partial charge on any atom is 0.120 e. The lowest BCUT2D eigenvalue weighted by molar-refractivity contribution is 0.0927. The van der Waals surface area contributed by atoms with Crippen molar-refractivity contribution in [3.8, 4) is 5.75 Å². The van der Waals surface area contributed by atoms with Crippen LogP contribution in [0, 0.1) is 0 Å². The van der Waals surface area contributed by atoms with Gasteiger partial charge in [0.1, 0.15) is 24.3 Å². The van der Waals surface area contributed by atoms with Crippen molar-refractivity contribution in [2.75, 3.05) is 6.61 Å². The number of aliphatic hydroxyl groups excluding tert-OH is 1. The molecule has 5 heteroatoms. The molecule has 0 aliphatic rings. The number of fused-ring (bicyclic) bond motifs is 1. The van der Waals surface area contributed by atoms with E-state index in [-0.39, 0.29) is 6.61 Å². The highest BCUT2D eigenvalue weighted by Crippen LogP contribution is 2.19. The molecule has 0 bridgehead atoms. The SMILES string of the molecule is CCc1nc2ccccc2n1C[C@@H](O)COc1cccc(Br)c1. The Morgan fingerprint density at radius 3 is 2.83 bits per heavy atom. The van der Waals surface area contributed by atoms with Crippen molar-refractivity contribution in [3.63, 3.8) is 0 Å². The summed E-state index contributed by atoms with van der Waals surface area (Å²) in [5.41, 5.74) is 2.01. The number of hydrogen-bond acceptors (Lipinski definition) is 3. The van der Waals surface area contributed by atoms with Gasteiger partial charge in [0.25, 0.3) is 0 Å². The highest BCUT2D eigenvalue weighted by molar-refractivity contribution is 9.10. The molecule has 0 radical (unpaired) electrons. The summed E-state index contributed by atoms with van der Waals surface area (Å²) < 4.78 is 8.70.